The summed E-state index contributed by atoms with van der Waals surface area (Å²) in [5.41, 5.74) is 0. The zero-order valence-corrected chi connectivity index (χ0v) is 40.1. The van der Waals surface area contributed by atoms with E-state index in [0.717, 1.165) is 25.7 Å². The maximum Gasteiger partial charge on any atom is 0.460 e. The smallest absolute Gasteiger partial charge is 0.386 e. The fourth-order valence-electron chi connectivity index (χ4n) is 6.87. The van der Waals surface area contributed by atoms with Crippen LogP contribution in [0, 0.1) is 11.8 Å². The highest BCUT2D eigenvalue weighted by Gasteiger charge is 2.82. The molecule has 0 fully saturated rings. The van der Waals surface area contributed by atoms with Gasteiger partial charge in [0.1, 0.15) is 12.6 Å². The first-order valence-corrected chi connectivity index (χ1v) is 23.1. The summed E-state index contributed by atoms with van der Waals surface area (Å²) >= 11 is 0. The number of nitrogens with one attached hydrogen (secondary N) is 3. The summed E-state index contributed by atoms with van der Waals surface area (Å²) in [6.07, 6.45) is -10.5. The number of quaternary nitrogens is 1. The molecule has 2 amide bonds. The van der Waals surface area contributed by atoms with Gasteiger partial charge in [-0.15, -0.1) is 0 Å². The molecule has 26 heteroatoms. The largest absolute Gasteiger partial charge is 0.460 e. The van der Waals surface area contributed by atoms with Crippen molar-refractivity contribution in [2.75, 3.05) is 73.5 Å². The van der Waals surface area contributed by atoms with Crippen LogP contribution in [0.3, 0.4) is 0 Å². The molecule has 0 rings (SSSR count). The molecule has 70 heavy (non-hydrogen) atoms. The molecule has 4 N–H and O–H groups in total. The number of allylic oxidation sites excluding steroid dienone is 2. The van der Waals surface area contributed by atoms with Crippen molar-refractivity contribution < 1.29 is 98.2 Å². The third kappa shape index (κ3) is 21.6. The second-order valence-corrected chi connectivity index (χ2v) is 18.3. The Morgan fingerprint density at radius 1 is 0.514 bits per heavy atom. The van der Waals surface area contributed by atoms with Gasteiger partial charge in [0.2, 0.25) is 11.8 Å². The van der Waals surface area contributed by atoms with E-state index in [1.54, 1.807) is 4.90 Å². The number of aliphatic hydroxyl groups is 1. The second-order valence-electron chi connectivity index (χ2n) is 18.3. The van der Waals surface area contributed by atoms with Gasteiger partial charge in [0.05, 0.1) is 33.0 Å². The highest BCUT2D eigenvalue weighted by atomic mass is 19.4. The summed E-state index contributed by atoms with van der Waals surface area (Å²) in [7, 11) is 5.45. The van der Waals surface area contributed by atoms with Crippen LogP contribution < -0.4 is 16.0 Å². The molecule has 414 valence electrons. The third-order valence-electron chi connectivity index (χ3n) is 10.9. The van der Waals surface area contributed by atoms with E-state index >= 15 is 0 Å². The maximum absolute atomic E-state index is 14.3. The number of rotatable bonds is 37. The lowest BCUT2D eigenvalue weighted by atomic mass is 9.96. The molecule has 0 aromatic rings. The maximum atomic E-state index is 14.3. The first-order chi connectivity index (χ1) is 31.9. The number of unbranched alkanes of at least 4 members (excludes halogenated alkanes) is 8. The number of alkyl halides is 18. The van der Waals surface area contributed by atoms with E-state index in [4.69, 9.17) is 0 Å². The Hall–Kier alpha value is -3.00. The standard InChI is InChI=1S/C44H69F18N5O3/c1-6-8-10-12-14-18-32(20-22-37(45,46)39(49,50)41(53,54)43(57,58)59)35(69)64-25-16-24-63-27-29-66(30-34(68)31-67(3,4)5)28-17-26-65-36(70)33(19-15-13-11-9-7-2)21-23-38(47,48)40(51,52)42(55,56)44(60,61)62/h20-23,32-34,63,68H,6-19,24-31H2,1-5H3,(H-,64,65,69,70)/p+1/b22-20+,23-21+. The number of nitrogens with zero attached hydrogens (tertiary/aromatic N) is 2. The molecule has 3 atom stereocenters. The lowest BCUT2D eigenvalue weighted by Crippen LogP contribution is -2.60. The summed E-state index contributed by atoms with van der Waals surface area (Å²) in [6.45, 7) is 4.77. The number of aliphatic hydroxyl groups excluding tert-OH is 1. The van der Waals surface area contributed by atoms with Crippen LogP contribution >= 0.6 is 0 Å². The molecule has 0 saturated carbocycles. The molecule has 0 aliphatic carbocycles. The minimum absolute atomic E-state index is 0.0996. The van der Waals surface area contributed by atoms with Gasteiger partial charge in [-0.2, -0.15) is 79.0 Å². The number of halogens is 18. The number of likely N-dealkylation sites (N-methyl/N-ethyl adjacent to an activating group) is 1. The Morgan fingerprint density at radius 2 is 0.900 bits per heavy atom. The van der Waals surface area contributed by atoms with E-state index in [2.05, 4.69) is 16.0 Å². The minimum atomic E-state index is -7.11. The molecular weight excluding hydrogens is 988 g/mol. The van der Waals surface area contributed by atoms with Gasteiger partial charge >= 0.3 is 47.9 Å². The fourth-order valence-corrected chi connectivity index (χ4v) is 6.87. The number of amides is 2. The SMILES string of the molecule is CCCCCCCC(/C=C/C(F)(F)C(F)(F)C(F)(F)C(F)(F)F)C(=O)NCCCNCCN(CCCNC(=O)C(/C=C/C(F)(F)C(F)(F)C(F)(F)C(F)(F)F)CCCCCCC)CC(O)C[N+](C)(C)C. The van der Waals surface area contributed by atoms with Crippen LogP contribution in [-0.4, -0.2) is 154 Å². The zero-order valence-electron chi connectivity index (χ0n) is 40.1. The molecule has 0 aromatic heterocycles. The molecule has 0 aliphatic rings. The van der Waals surface area contributed by atoms with Gasteiger partial charge in [-0.05, 0) is 50.9 Å². The average Bonchev–Trinajstić information content (AvgIpc) is 3.21. The van der Waals surface area contributed by atoms with Gasteiger partial charge in [0.15, 0.2) is 0 Å². The topological polar surface area (TPSA) is 93.7 Å². The Labute approximate surface area is 398 Å². The summed E-state index contributed by atoms with van der Waals surface area (Å²) < 4.78 is 242. The van der Waals surface area contributed by atoms with Gasteiger partial charge in [-0.25, -0.2) is 0 Å². The van der Waals surface area contributed by atoms with E-state index in [9.17, 15) is 93.7 Å². The van der Waals surface area contributed by atoms with E-state index in [1.165, 1.54) is 0 Å². The number of hydrogen-bond acceptors (Lipinski definition) is 5. The van der Waals surface area contributed by atoms with Crippen molar-refractivity contribution in [1.82, 2.24) is 20.9 Å². The molecule has 0 heterocycles. The third-order valence-corrected chi connectivity index (χ3v) is 10.9. The summed E-state index contributed by atoms with van der Waals surface area (Å²) in [5.74, 6) is -45.1. The van der Waals surface area contributed by atoms with Crippen molar-refractivity contribution >= 4 is 11.8 Å². The Kier molecular flexibility index (Phi) is 27.8. The van der Waals surface area contributed by atoms with Crippen molar-refractivity contribution in [1.29, 1.82) is 0 Å². The predicted molar refractivity (Wildman–Crippen MR) is 227 cm³/mol. The molecule has 0 aromatic carbocycles. The normalized spacial score (nSPS) is 15.6. The van der Waals surface area contributed by atoms with E-state index in [0.29, 0.717) is 36.7 Å². The summed E-state index contributed by atoms with van der Waals surface area (Å²) in [6, 6.07) is 0. The number of carbonyl (C=O) groups is 2. The number of hydrogen-bond donors (Lipinski definition) is 4. The van der Waals surface area contributed by atoms with Gasteiger partial charge in [-0.1, -0.05) is 90.2 Å². The molecule has 0 saturated heterocycles. The van der Waals surface area contributed by atoms with E-state index < -0.39 is 89.8 Å². The number of carbonyl (C=O) groups excluding carboxylic acids is 2. The minimum Gasteiger partial charge on any atom is -0.386 e. The first kappa shape index (κ1) is 67.0. The van der Waals surface area contributed by atoms with Crippen LogP contribution in [-0.2, 0) is 9.59 Å². The van der Waals surface area contributed by atoms with E-state index in [1.807, 2.05) is 35.0 Å². The van der Waals surface area contributed by atoms with Crippen LogP contribution in [0.2, 0.25) is 0 Å². The van der Waals surface area contributed by atoms with Crippen molar-refractivity contribution in [3.63, 3.8) is 0 Å². The van der Waals surface area contributed by atoms with Crippen LogP contribution in [0.5, 0.6) is 0 Å². The van der Waals surface area contributed by atoms with Crippen LogP contribution in [0.25, 0.3) is 0 Å². The molecule has 3 unspecified atom stereocenters. The lowest BCUT2D eigenvalue weighted by Gasteiger charge is -2.32. The first-order valence-electron chi connectivity index (χ1n) is 23.1. The van der Waals surface area contributed by atoms with Crippen LogP contribution in [0.1, 0.15) is 104 Å². The second kappa shape index (κ2) is 29.0. The monoisotopic (exact) mass is 1060 g/mol. The Morgan fingerprint density at radius 3 is 1.27 bits per heavy atom. The average molecular weight is 1060 g/mol. The molecule has 0 spiro atoms. The van der Waals surface area contributed by atoms with Crippen molar-refractivity contribution in [3.05, 3.63) is 24.3 Å². The van der Waals surface area contributed by atoms with Crippen molar-refractivity contribution in [2.24, 2.45) is 11.8 Å². The molecule has 0 aliphatic heterocycles. The van der Waals surface area contributed by atoms with Gasteiger partial charge in [-0.3, -0.25) is 14.5 Å². The van der Waals surface area contributed by atoms with Crippen molar-refractivity contribution in [3.8, 4) is 0 Å². The van der Waals surface area contributed by atoms with Crippen LogP contribution in [0.15, 0.2) is 24.3 Å². The Bertz CT molecular complexity index is 1570. The summed E-state index contributed by atoms with van der Waals surface area (Å²) in [5, 5.41) is 18.6. The highest BCUT2D eigenvalue weighted by molar-refractivity contribution is 5.80. The summed E-state index contributed by atoms with van der Waals surface area (Å²) in [4.78, 5) is 27.7. The quantitative estimate of drug-likeness (QED) is 0.0215. The highest BCUT2D eigenvalue weighted by Crippen LogP contribution is 2.55. The zero-order chi connectivity index (χ0) is 54.5. The molecule has 0 bridgehead atoms. The Balaban J connectivity index is 5.73. The van der Waals surface area contributed by atoms with Gasteiger partial charge in [0.25, 0.3) is 0 Å². The molecule has 0 radical (unpaired) electrons. The molecule has 8 nitrogen and oxygen atoms in total. The molecular formula is C44H70F18N5O3+. The van der Waals surface area contributed by atoms with Crippen LogP contribution in [0.4, 0.5) is 79.0 Å². The van der Waals surface area contributed by atoms with Crippen molar-refractivity contribution in [2.45, 2.75) is 158 Å². The fraction of sp³-hybridized carbons (Fsp3) is 0.864. The lowest BCUT2D eigenvalue weighted by molar-refractivity contribution is -0.873. The van der Waals surface area contributed by atoms with Gasteiger partial charge in [0, 0.05) is 32.7 Å². The van der Waals surface area contributed by atoms with E-state index in [-0.39, 0.29) is 96.5 Å². The van der Waals surface area contributed by atoms with Gasteiger partial charge < -0.3 is 25.5 Å². The predicted octanol–water partition coefficient (Wildman–Crippen LogP) is 11.0.